The van der Waals surface area contributed by atoms with E-state index in [1.54, 1.807) is 11.0 Å². The molecular formula is C21H23N3O4. The Balaban J connectivity index is 1.76. The summed E-state index contributed by atoms with van der Waals surface area (Å²) in [6.45, 7) is 5.13. The summed E-state index contributed by atoms with van der Waals surface area (Å²) in [5, 5.41) is 11.3. The fraction of sp³-hybridized carbons (Fsp3) is 0.381. The smallest absolute Gasteiger partial charge is 0.270 e. The molecule has 0 atom stereocenters. The molecule has 1 amide bonds. The number of amides is 1. The molecule has 4 rings (SSSR count). The SMILES string of the molecule is Cc1ccc2c(c1)CCCN2C(=O)c1cc([N+](=O)[O-])ccc1N1CCOCC1. The highest BCUT2D eigenvalue weighted by molar-refractivity contribution is 6.10. The number of carbonyl (C=O) groups excluding carboxylic acids is 1. The predicted octanol–water partition coefficient (Wildman–Crippen LogP) is 3.33. The van der Waals surface area contributed by atoms with Gasteiger partial charge in [-0.2, -0.15) is 0 Å². The predicted molar refractivity (Wildman–Crippen MR) is 107 cm³/mol. The van der Waals surface area contributed by atoms with Crippen molar-refractivity contribution < 1.29 is 14.5 Å². The number of hydrogen-bond acceptors (Lipinski definition) is 5. The first-order valence-corrected chi connectivity index (χ1v) is 9.57. The zero-order valence-electron chi connectivity index (χ0n) is 15.9. The number of ether oxygens (including phenoxy) is 1. The summed E-state index contributed by atoms with van der Waals surface area (Å²) in [5.41, 5.74) is 4.26. The Labute approximate surface area is 163 Å². The van der Waals surface area contributed by atoms with E-state index in [0.717, 1.165) is 35.3 Å². The van der Waals surface area contributed by atoms with Gasteiger partial charge >= 0.3 is 0 Å². The lowest BCUT2D eigenvalue weighted by atomic mass is 9.98. The van der Waals surface area contributed by atoms with Crippen molar-refractivity contribution in [2.24, 2.45) is 0 Å². The van der Waals surface area contributed by atoms with E-state index < -0.39 is 4.92 Å². The first-order valence-electron chi connectivity index (χ1n) is 9.57. The van der Waals surface area contributed by atoms with Crippen LogP contribution < -0.4 is 9.80 Å². The molecule has 0 radical (unpaired) electrons. The van der Waals surface area contributed by atoms with Crippen LogP contribution in [-0.4, -0.2) is 43.7 Å². The summed E-state index contributed by atoms with van der Waals surface area (Å²) in [5.74, 6) is -0.185. The molecule has 146 valence electrons. The van der Waals surface area contributed by atoms with E-state index >= 15 is 0 Å². The number of nitro benzene ring substituents is 1. The second-order valence-electron chi connectivity index (χ2n) is 7.25. The van der Waals surface area contributed by atoms with Crippen LogP contribution in [0.4, 0.5) is 17.1 Å². The van der Waals surface area contributed by atoms with Gasteiger partial charge in [-0.05, 0) is 37.5 Å². The number of non-ortho nitro benzene ring substituents is 1. The Hall–Kier alpha value is -2.93. The molecule has 0 aromatic heterocycles. The van der Waals surface area contributed by atoms with Crippen molar-refractivity contribution >= 4 is 23.0 Å². The van der Waals surface area contributed by atoms with Crippen LogP contribution in [0.5, 0.6) is 0 Å². The second kappa shape index (κ2) is 7.59. The average Bonchev–Trinajstić information content (AvgIpc) is 2.72. The van der Waals surface area contributed by atoms with Crippen LogP contribution >= 0.6 is 0 Å². The Morgan fingerprint density at radius 3 is 2.57 bits per heavy atom. The van der Waals surface area contributed by atoms with Gasteiger partial charge in [0.2, 0.25) is 0 Å². The number of rotatable bonds is 3. The van der Waals surface area contributed by atoms with E-state index in [1.807, 2.05) is 19.1 Å². The third-order valence-electron chi connectivity index (χ3n) is 5.37. The van der Waals surface area contributed by atoms with Crippen molar-refractivity contribution in [1.29, 1.82) is 0 Å². The molecule has 0 aliphatic carbocycles. The maximum Gasteiger partial charge on any atom is 0.270 e. The van der Waals surface area contributed by atoms with Gasteiger partial charge in [0.05, 0.1) is 29.4 Å². The normalized spacial score (nSPS) is 16.6. The van der Waals surface area contributed by atoms with Gasteiger partial charge in [0.25, 0.3) is 11.6 Å². The average molecular weight is 381 g/mol. The van der Waals surface area contributed by atoms with Crippen molar-refractivity contribution in [1.82, 2.24) is 0 Å². The minimum atomic E-state index is -0.451. The fourth-order valence-corrected chi connectivity index (χ4v) is 3.97. The summed E-state index contributed by atoms with van der Waals surface area (Å²) < 4.78 is 5.41. The third-order valence-corrected chi connectivity index (χ3v) is 5.37. The molecular weight excluding hydrogens is 358 g/mol. The lowest BCUT2D eigenvalue weighted by Gasteiger charge is -2.33. The first-order chi connectivity index (χ1) is 13.5. The number of nitro groups is 1. The Kier molecular flexibility index (Phi) is 5.00. The number of aryl methyl sites for hydroxylation is 2. The molecule has 0 bridgehead atoms. The van der Waals surface area contributed by atoms with Crippen LogP contribution in [0, 0.1) is 17.0 Å². The van der Waals surface area contributed by atoms with Crippen molar-refractivity contribution in [3.8, 4) is 0 Å². The molecule has 2 aromatic rings. The van der Waals surface area contributed by atoms with Crippen molar-refractivity contribution in [3.05, 3.63) is 63.2 Å². The largest absolute Gasteiger partial charge is 0.378 e. The summed E-state index contributed by atoms with van der Waals surface area (Å²) in [7, 11) is 0. The van der Waals surface area contributed by atoms with Crippen molar-refractivity contribution in [3.63, 3.8) is 0 Å². The first kappa shape index (κ1) is 18.4. The third kappa shape index (κ3) is 3.45. The second-order valence-corrected chi connectivity index (χ2v) is 7.25. The lowest BCUT2D eigenvalue weighted by Crippen LogP contribution is -2.40. The Bertz CT molecular complexity index is 922. The highest BCUT2D eigenvalue weighted by Crippen LogP contribution is 2.33. The van der Waals surface area contributed by atoms with E-state index in [4.69, 9.17) is 4.74 Å². The van der Waals surface area contributed by atoms with Gasteiger partial charge in [0.1, 0.15) is 0 Å². The number of carbonyl (C=O) groups is 1. The van der Waals surface area contributed by atoms with Crippen LogP contribution in [0.25, 0.3) is 0 Å². The summed E-state index contributed by atoms with van der Waals surface area (Å²) in [6, 6.07) is 10.7. The maximum absolute atomic E-state index is 13.5. The van der Waals surface area contributed by atoms with Gasteiger partial charge in [0, 0.05) is 37.5 Å². The van der Waals surface area contributed by atoms with E-state index in [0.29, 0.717) is 38.4 Å². The molecule has 28 heavy (non-hydrogen) atoms. The molecule has 2 aliphatic rings. The van der Waals surface area contributed by atoms with E-state index in [2.05, 4.69) is 11.0 Å². The molecule has 0 unspecified atom stereocenters. The number of anilines is 2. The quantitative estimate of drug-likeness (QED) is 0.602. The standard InChI is InChI=1S/C21H23N3O4/c1-15-4-6-19-16(13-15)3-2-8-23(19)21(25)18-14-17(24(26)27)5-7-20(18)22-9-11-28-12-10-22/h4-7,13-14H,2-3,8-12H2,1H3. The molecule has 2 heterocycles. The number of morpholine rings is 1. The van der Waals surface area contributed by atoms with Gasteiger partial charge in [-0.1, -0.05) is 17.7 Å². The van der Waals surface area contributed by atoms with Crippen molar-refractivity contribution in [2.75, 3.05) is 42.6 Å². The Morgan fingerprint density at radius 1 is 1.07 bits per heavy atom. The van der Waals surface area contributed by atoms with Gasteiger partial charge < -0.3 is 14.5 Å². The number of fused-ring (bicyclic) bond motifs is 1. The molecule has 1 saturated heterocycles. The summed E-state index contributed by atoms with van der Waals surface area (Å²) in [6.07, 6.45) is 1.82. The van der Waals surface area contributed by atoms with Gasteiger partial charge in [0.15, 0.2) is 0 Å². The fourth-order valence-electron chi connectivity index (χ4n) is 3.97. The summed E-state index contributed by atoms with van der Waals surface area (Å²) in [4.78, 5) is 28.2. The highest BCUT2D eigenvalue weighted by atomic mass is 16.6. The minimum absolute atomic E-state index is 0.0681. The molecule has 2 aliphatic heterocycles. The minimum Gasteiger partial charge on any atom is -0.378 e. The number of benzene rings is 2. The molecule has 0 N–H and O–H groups in total. The van der Waals surface area contributed by atoms with E-state index in [9.17, 15) is 14.9 Å². The topological polar surface area (TPSA) is 75.9 Å². The van der Waals surface area contributed by atoms with Gasteiger partial charge in [-0.25, -0.2) is 0 Å². The highest BCUT2D eigenvalue weighted by Gasteiger charge is 2.28. The molecule has 0 spiro atoms. The van der Waals surface area contributed by atoms with E-state index in [-0.39, 0.29) is 11.6 Å². The number of nitrogens with zero attached hydrogens (tertiary/aromatic N) is 3. The molecule has 1 fully saturated rings. The summed E-state index contributed by atoms with van der Waals surface area (Å²) >= 11 is 0. The van der Waals surface area contributed by atoms with E-state index in [1.165, 1.54) is 12.1 Å². The van der Waals surface area contributed by atoms with Crippen LogP contribution in [-0.2, 0) is 11.2 Å². The molecule has 0 saturated carbocycles. The zero-order chi connectivity index (χ0) is 19.7. The lowest BCUT2D eigenvalue weighted by molar-refractivity contribution is -0.384. The van der Waals surface area contributed by atoms with Gasteiger partial charge in [-0.3, -0.25) is 14.9 Å². The van der Waals surface area contributed by atoms with Crippen LogP contribution in [0.2, 0.25) is 0 Å². The van der Waals surface area contributed by atoms with Gasteiger partial charge in [-0.15, -0.1) is 0 Å². The Morgan fingerprint density at radius 2 is 1.82 bits per heavy atom. The van der Waals surface area contributed by atoms with Crippen LogP contribution in [0.15, 0.2) is 36.4 Å². The maximum atomic E-state index is 13.5. The molecule has 7 heteroatoms. The van der Waals surface area contributed by atoms with Crippen LogP contribution in [0.3, 0.4) is 0 Å². The zero-order valence-corrected chi connectivity index (χ0v) is 15.9. The van der Waals surface area contributed by atoms with Crippen molar-refractivity contribution in [2.45, 2.75) is 19.8 Å². The monoisotopic (exact) mass is 381 g/mol. The molecule has 7 nitrogen and oxygen atoms in total. The molecule has 2 aromatic carbocycles. The van der Waals surface area contributed by atoms with Crippen LogP contribution in [0.1, 0.15) is 27.9 Å². The number of hydrogen-bond donors (Lipinski definition) is 0.